The lowest BCUT2D eigenvalue weighted by molar-refractivity contribution is -0.142. The van der Waals surface area contributed by atoms with Crippen LogP contribution in [0.1, 0.15) is 31.9 Å². The SMILES string of the molecule is Cc1ccc(S(=O)(=O)[C@@H](C)C(=O)N2C[C@@H](C)O[C@H](C)C2)cc1C. The van der Waals surface area contributed by atoms with E-state index in [1.165, 1.54) is 6.92 Å². The molecule has 5 nitrogen and oxygen atoms in total. The zero-order valence-electron chi connectivity index (χ0n) is 14.4. The Bertz CT molecular complexity index is 689. The molecule has 0 aromatic heterocycles. The molecule has 1 amide bonds. The van der Waals surface area contributed by atoms with E-state index in [-0.39, 0.29) is 23.0 Å². The van der Waals surface area contributed by atoms with Gasteiger partial charge in [-0.25, -0.2) is 8.42 Å². The lowest BCUT2D eigenvalue weighted by atomic mass is 10.1. The van der Waals surface area contributed by atoms with Crippen LogP contribution in [-0.4, -0.2) is 49.8 Å². The Morgan fingerprint density at radius 1 is 1.17 bits per heavy atom. The van der Waals surface area contributed by atoms with E-state index in [9.17, 15) is 13.2 Å². The summed E-state index contributed by atoms with van der Waals surface area (Å²) in [4.78, 5) is 14.5. The number of hydrogen-bond acceptors (Lipinski definition) is 4. The van der Waals surface area contributed by atoms with Gasteiger partial charge in [0.15, 0.2) is 9.84 Å². The molecule has 1 aromatic carbocycles. The molecule has 128 valence electrons. The maximum Gasteiger partial charge on any atom is 0.241 e. The Morgan fingerprint density at radius 2 is 1.74 bits per heavy atom. The van der Waals surface area contributed by atoms with Crippen LogP contribution in [0.3, 0.4) is 0 Å². The van der Waals surface area contributed by atoms with E-state index in [0.717, 1.165) is 11.1 Å². The average molecular weight is 339 g/mol. The molecule has 6 heteroatoms. The third-order valence-electron chi connectivity index (χ3n) is 4.35. The molecule has 1 aliphatic heterocycles. The fourth-order valence-electron chi connectivity index (χ4n) is 2.84. The Morgan fingerprint density at radius 3 is 2.26 bits per heavy atom. The first-order chi connectivity index (χ1) is 10.6. The minimum atomic E-state index is -3.69. The van der Waals surface area contributed by atoms with Gasteiger partial charge in [-0.05, 0) is 57.9 Å². The Hall–Kier alpha value is -1.40. The minimum absolute atomic E-state index is 0.0841. The standard InChI is InChI=1S/C17H25NO4S/c1-11-6-7-16(8-12(11)2)23(20,21)15(5)17(19)18-9-13(3)22-14(4)10-18/h6-8,13-15H,9-10H2,1-5H3/t13-,14-,15+/m1/s1. The number of hydrogen-bond donors (Lipinski definition) is 0. The Balaban J connectivity index is 2.25. The van der Waals surface area contributed by atoms with Crippen molar-refractivity contribution in [2.75, 3.05) is 13.1 Å². The van der Waals surface area contributed by atoms with Crippen molar-refractivity contribution in [3.63, 3.8) is 0 Å². The molecule has 0 spiro atoms. The number of carbonyl (C=O) groups is 1. The fourth-order valence-corrected chi connectivity index (χ4v) is 4.26. The molecule has 0 radical (unpaired) electrons. The normalized spacial score (nSPS) is 23.6. The van der Waals surface area contributed by atoms with Gasteiger partial charge < -0.3 is 9.64 Å². The number of amides is 1. The second-order valence-corrected chi connectivity index (χ2v) is 8.70. The third kappa shape index (κ3) is 3.75. The average Bonchev–Trinajstić information content (AvgIpc) is 2.47. The zero-order valence-corrected chi connectivity index (χ0v) is 15.2. The molecule has 23 heavy (non-hydrogen) atoms. The lowest BCUT2D eigenvalue weighted by Crippen LogP contribution is -2.52. The van der Waals surface area contributed by atoms with Crippen molar-refractivity contribution >= 4 is 15.7 Å². The number of ether oxygens (including phenoxy) is 1. The maximum absolute atomic E-state index is 12.8. The maximum atomic E-state index is 12.8. The highest BCUT2D eigenvalue weighted by atomic mass is 32.2. The van der Waals surface area contributed by atoms with E-state index in [2.05, 4.69) is 0 Å². The van der Waals surface area contributed by atoms with Gasteiger partial charge in [0.25, 0.3) is 0 Å². The van der Waals surface area contributed by atoms with Gasteiger partial charge in [0, 0.05) is 13.1 Å². The van der Waals surface area contributed by atoms with E-state index < -0.39 is 15.1 Å². The summed E-state index contributed by atoms with van der Waals surface area (Å²) in [5.41, 5.74) is 1.93. The van der Waals surface area contributed by atoms with Crippen LogP contribution in [0.2, 0.25) is 0 Å². The monoisotopic (exact) mass is 339 g/mol. The van der Waals surface area contributed by atoms with Crippen LogP contribution in [0, 0.1) is 13.8 Å². The molecule has 1 aliphatic rings. The van der Waals surface area contributed by atoms with Crippen LogP contribution in [0.25, 0.3) is 0 Å². The molecule has 1 heterocycles. The summed E-state index contributed by atoms with van der Waals surface area (Å²) in [6, 6.07) is 4.99. The first-order valence-corrected chi connectivity index (χ1v) is 9.43. The van der Waals surface area contributed by atoms with Gasteiger partial charge in [0.1, 0.15) is 5.25 Å². The number of benzene rings is 1. The predicted molar refractivity (Wildman–Crippen MR) is 89.2 cm³/mol. The van der Waals surface area contributed by atoms with Crippen molar-refractivity contribution in [2.45, 2.75) is 57.0 Å². The largest absolute Gasteiger partial charge is 0.372 e. The van der Waals surface area contributed by atoms with Gasteiger partial charge in [-0.3, -0.25) is 4.79 Å². The van der Waals surface area contributed by atoms with Crippen molar-refractivity contribution < 1.29 is 17.9 Å². The van der Waals surface area contributed by atoms with E-state index in [0.29, 0.717) is 13.1 Å². The van der Waals surface area contributed by atoms with Crippen LogP contribution < -0.4 is 0 Å². The van der Waals surface area contributed by atoms with E-state index in [4.69, 9.17) is 4.74 Å². The summed E-state index contributed by atoms with van der Waals surface area (Å²) in [5, 5.41) is -1.10. The number of aryl methyl sites for hydroxylation is 2. The third-order valence-corrected chi connectivity index (χ3v) is 6.39. The Labute approximate surface area is 138 Å². The highest BCUT2D eigenvalue weighted by Gasteiger charge is 2.36. The molecule has 1 aromatic rings. The molecule has 1 fully saturated rings. The van der Waals surface area contributed by atoms with Crippen molar-refractivity contribution in [2.24, 2.45) is 0 Å². The van der Waals surface area contributed by atoms with Crippen LogP contribution in [0.4, 0.5) is 0 Å². The molecule has 1 saturated heterocycles. The molecule has 3 atom stereocenters. The molecule has 0 unspecified atom stereocenters. The Kier molecular flexibility index (Phi) is 5.16. The summed E-state index contributed by atoms with van der Waals surface area (Å²) in [6.07, 6.45) is -0.168. The first kappa shape index (κ1) is 17.9. The summed E-state index contributed by atoms with van der Waals surface area (Å²) in [5.74, 6) is -0.356. The highest BCUT2D eigenvalue weighted by Crippen LogP contribution is 2.22. The summed E-state index contributed by atoms with van der Waals surface area (Å²) < 4.78 is 31.1. The van der Waals surface area contributed by atoms with E-state index in [1.807, 2.05) is 27.7 Å². The molecule has 0 N–H and O–H groups in total. The molecular formula is C17H25NO4S. The van der Waals surface area contributed by atoms with Gasteiger partial charge in [-0.15, -0.1) is 0 Å². The molecule has 0 saturated carbocycles. The fraction of sp³-hybridized carbons (Fsp3) is 0.588. The summed E-state index contributed by atoms with van der Waals surface area (Å²) >= 11 is 0. The van der Waals surface area contributed by atoms with Crippen LogP contribution in [0.15, 0.2) is 23.1 Å². The van der Waals surface area contributed by atoms with Crippen molar-refractivity contribution in [3.8, 4) is 0 Å². The topological polar surface area (TPSA) is 63.7 Å². The van der Waals surface area contributed by atoms with Crippen LogP contribution >= 0.6 is 0 Å². The first-order valence-electron chi connectivity index (χ1n) is 7.88. The molecule has 0 aliphatic carbocycles. The quantitative estimate of drug-likeness (QED) is 0.846. The summed E-state index contributed by atoms with van der Waals surface area (Å²) in [7, 11) is -3.69. The van der Waals surface area contributed by atoms with Gasteiger partial charge in [0.05, 0.1) is 17.1 Å². The van der Waals surface area contributed by atoms with Crippen molar-refractivity contribution in [3.05, 3.63) is 29.3 Å². The number of morpholine rings is 1. The van der Waals surface area contributed by atoms with Gasteiger partial charge in [0.2, 0.25) is 5.91 Å². The molecular weight excluding hydrogens is 314 g/mol. The second-order valence-electron chi connectivity index (χ2n) is 6.43. The van der Waals surface area contributed by atoms with Gasteiger partial charge in [-0.1, -0.05) is 6.07 Å². The lowest BCUT2D eigenvalue weighted by Gasteiger charge is -2.36. The minimum Gasteiger partial charge on any atom is -0.372 e. The van der Waals surface area contributed by atoms with Gasteiger partial charge in [-0.2, -0.15) is 0 Å². The summed E-state index contributed by atoms with van der Waals surface area (Å²) in [6.45, 7) is 9.89. The number of nitrogens with zero attached hydrogens (tertiary/aromatic N) is 1. The molecule has 0 bridgehead atoms. The van der Waals surface area contributed by atoms with Crippen LogP contribution in [0.5, 0.6) is 0 Å². The molecule has 2 rings (SSSR count). The van der Waals surface area contributed by atoms with E-state index in [1.54, 1.807) is 23.1 Å². The number of rotatable bonds is 3. The number of carbonyl (C=O) groups excluding carboxylic acids is 1. The number of sulfone groups is 1. The van der Waals surface area contributed by atoms with Crippen molar-refractivity contribution in [1.82, 2.24) is 4.90 Å². The van der Waals surface area contributed by atoms with Crippen molar-refractivity contribution in [1.29, 1.82) is 0 Å². The van der Waals surface area contributed by atoms with Crippen LogP contribution in [-0.2, 0) is 19.4 Å². The smallest absolute Gasteiger partial charge is 0.241 e. The second kappa shape index (κ2) is 6.61. The zero-order chi connectivity index (χ0) is 17.4. The highest BCUT2D eigenvalue weighted by molar-refractivity contribution is 7.92. The van der Waals surface area contributed by atoms with Gasteiger partial charge >= 0.3 is 0 Å². The predicted octanol–water partition coefficient (Wildman–Crippen LogP) is 2.10. The van der Waals surface area contributed by atoms with E-state index >= 15 is 0 Å².